The highest BCUT2D eigenvalue weighted by Gasteiger charge is 2.12. The van der Waals surface area contributed by atoms with Crippen LogP contribution in [0.2, 0.25) is 0 Å². The topological polar surface area (TPSA) is 56.7 Å². The van der Waals surface area contributed by atoms with E-state index in [-0.39, 0.29) is 6.04 Å². The van der Waals surface area contributed by atoms with Crippen molar-refractivity contribution in [3.63, 3.8) is 0 Å². The highest BCUT2D eigenvalue weighted by molar-refractivity contribution is 5.30. The fourth-order valence-electron chi connectivity index (χ4n) is 2.04. The molecule has 4 heteroatoms. The summed E-state index contributed by atoms with van der Waals surface area (Å²) < 4.78 is 1.70. The molecule has 1 atom stereocenters. The lowest BCUT2D eigenvalue weighted by Crippen LogP contribution is -2.15. The molecule has 0 bridgehead atoms. The summed E-state index contributed by atoms with van der Waals surface area (Å²) in [7, 11) is 1.86. The van der Waals surface area contributed by atoms with Crippen molar-refractivity contribution in [2.45, 2.75) is 25.8 Å². The van der Waals surface area contributed by atoms with E-state index in [0.29, 0.717) is 0 Å². The van der Waals surface area contributed by atoms with Crippen LogP contribution in [0, 0.1) is 0 Å². The lowest BCUT2D eigenvalue weighted by Gasteiger charge is -2.14. The van der Waals surface area contributed by atoms with Crippen LogP contribution in [0.25, 0.3) is 0 Å². The highest BCUT2D eigenvalue weighted by Crippen LogP contribution is 2.19. The summed E-state index contributed by atoms with van der Waals surface area (Å²) in [5, 5.41) is 7.99. The highest BCUT2D eigenvalue weighted by atomic mass is 15.4. The first-order valence-corrected chi connectivity index (χ1v) is 5.89. The van der Waals surface area contributed by atoms with Gasteiger partial charge in [-0.1, -0.05) is 36.4 Å². The minimum absolute atomic E-state index is 0.0113. The van der Waals surface area contributed by atoms with Crippen LogP contribution in [0.1, 0.15) is 29.8 Å². The summed E-state index contributed by atoms with van der Waals surface area (Å²) >= 11 is 0. The second-order valence-corrected chi connectivity index (χ2v) is 4.25. The first-order chi connectivity index (χ1) is 8.20. The van der Waals surface area contributed by atoms with Gasteiger partial charge in [0.05, 0.1) is 5.69 Å². The van der Waals surface area contributed by atoms with Gasteiger partial charge in [-0.15, -0.1) is 5.10 Å². The van der Waals surface area contributed by atoms with E-state index in [0.717, 1.165) is 18.5 Å². The van der Waals surface area contributed by atoms with Gasteiger partial charge in [0.1, 0.15) is 0 Å². The molecule has 4 nitrogen and oxygen atoms in total. The number of benzene rings is 1. The van der Waals surface area contributed by atoms with Gasteiger partial charge in [0.2, 0.25) is 0 Å². The van der Waals surface area contributed by atoms with Crippen LogP contribution in [-0.2, 0) is 19.9 Å². The average molecular weight is 230 g/mol. The lowest BCUT2D eigenvalue weighted by atomic mass is 9.96. The van der Waals surface area contributed by atoms with Gasteiger partial charge in [-0.3, -0.25) is 4.68 Å². The molecular weight excluding hydrogens is 212 g/mol. The van der Waals surface area contributed by atoms with Crippen molar-refractivity contribution in [2.24, 2.45) is 12.8 Å². The number of aromatic nitrogens is 3. The van der Waals surface area contributed by atoms with E-state index < -0.39 is 0 Å². The predicted octanol–water partition coefficient (Wildman–Crippen LogP) is 1.62. The molecule has 2 rings (SSSR count). The first kappa shape index (κ1) is 11.8. The second kappa shape index (κ2) is 5.10. The molecule has 2 N–H and O–H groups in total. The van der Waals surface area contributed by atoms with Crippen LogP contribution in [0.15, 0.2) is 30.5 Å². The smallest absolute Gasteiger partial charge is 0.0845 e. The van der Waals surface area contributed by atoms with Crippen molar-refractivity contribution < 1.29 is 0 Å². The SMILES string of the molecule is CCc1ccccc1C(N)Cc1cn(C)nn1. The number of aryl methyl sites for hydroxylation is 2. The third-order valence-corrected chi connectivity index (χ3v) is 2.91. The van der Waals surface area contributed by atoms with Gasteiger partial charge < -0.3 is 5.73 Å². The van der Waals surface area contributed by atoms with Crippen LogP contribution in [0.5, 0.6) is 0 Å². The third kappa shape index (κ3) is 2.71. The zero-order chi connectivity index (χ0) is 12.3. The van der Waals surface area contributed by atoms with Crippen LogP contribution in [0.4, 0.5) is 0 Å². The molecule has 0 aliphatic heterocycles. The molecule has 2 aromatic rings. The maximum Gasteiger partial charge on any atom is 0.0845 e. The molecule has 0 fully saturated rings. The monoisotopic (exact) mass is 230 g/mol. The van der Waals surface area contributed by atoms with Gasteiger partial charge in [-0.25, -0.2) is 0 Å². The summed E-state index contributed by atoms with van der Waals surface area (Å²) in [6.45, 7) is 2.15. The number of nitrogens with zero attached hydrogens (tertiary/aromatic N) is 3. The zero-order valence-electron chi connectivity index (χ0n) is 10.3. The molecule has 0 aliphatic rings. The molecule has 0 spiro atoms. The molecule has 17 heavy (non-hydrogen) atoms. The second-order valence-electron chi connectivity index (χ2n) is 4.25. The van der Waals surface area contributed by atoms with Crippen molar-refractivity contribution >= 4 is 0 Å². The van der Waals surface area contributed by atoms with Crippen molar-refractivity contribution in [3.8, 4) is 0 Å². The van der Waals surface area contributed by atoms with Crippen molar-refractivity contribution in [3.05, 3.63) is 47.3 Å². The molecular formula is C13H18N4. The van der Waals surface area contributed by atoms with Crippen LogP contribution >= 0.6 is 0 Å². The predicted molar refractivity (Wildman–Crippen MR) is 67.5 cm³/mol. The van der Waals surface area contributed by atoms with Gasteiger partial charge >= 0.3 is 0 Å². The Morgan fingerprint density at radius 2 is 2.12 bits per heavy atom. The molecule has 0 aliphatic carbocycles. The Morgan fingerprint density at radius 1 is 1.35 bits per heavy atom. The van der Waals surface area contributed by atoms with Crippen LogP contribution < -0.4 is 5.73 Å². The van der Waals surface area contributed by atoms with E-state index in [1.807, 2.05) is 19.3 Å². The standard InChI is InChI=1S/C13H18N4/c1-3-10-6-4-5-7-12(10)13(14)8-11-9-17(2)16-15-11/h4-7,9,13H,3,8,14H2,1-2H3. The van der Waals surface area contributed by atoms with Gasteiger partial charge in [0, 0.05) is 25.7 Å². The van der Waals surface area contributed by atoms with Gasteiger partial charge in [0.25, 0.3) is 0 Å². The number of hydrogen-bond acceptors (Lipinski definition) is 3. The van der Waals surface area contributed by atoms with E-state index in [4.69, 9.17) is 5.73 Å². The Kier molecular flexibility index (Phi) is 3.54. The molecule has 1 unspecified atom stereocenters. The Hall–Kier alpha value is -1.68. The van der Waals surface area contributed by atoms with Crippen molar-refractivity contribution in [2.75, 3.05) is 0 Å². The minimum atomic E-state index is -0.0113. The van der Waals surface area contributed by atoms with Gasteiger partial charge in [-0.05, 0) is 17.5 Å². The fraction of sp³-hybridized carbons (Fsp3) is 0.385. The summed E-state index contributed by atoms with van der Waals surface area (Å²) in [6, 6.07) is 8.30. The fourth-order valence-corrected chi connectivity index (χ4v) is 2.04. The maximum atomic E-state index is 6.24. The Bertz CT molecular complexity index is 490. The molecule has 0 amide bonds. The lowest BCUT2D eigenvalue weighted by molar-refractivity contribution is 0.688. The molecule has 1 aromatic heterocycles. The van der Waals surface area contributed by atoms with E-state index in [9.17, 15) is 0 Å². The molecule has 90 valence electrons. The summed E-state index contributed by atoms with van der Waals surface area (Å²) in [5.41, 5.74) is 9.69. The molecule has 1 aromatic carbocycles. The van der Waals surface area contributed by atoms with Crippen molar-refractivity contribution in [1.82, 2.24) is 15.0 Å². The molecule has 0 saturated carbocycles. The normalized spacial score (nSPS) is 12.6. The summed E-state index contributed by atoms with van der Waals surface area (Å²) in [5.74, 6) is 0. The summed E-state index contributed by atoms with van der Waals surface area (Å²) in [6.07, 6.45) is 3.64. The largest absolute Gasteiger partial charge is 0.324 e. The van der Waals surface area contributed by atoms with E-state index in [2.05, 4.69) is 35.4 Å². The average Bonchev–Trinajstić information content (AvgIpc) is 2.74. The van der Waals surface area contributed by atoms with Crippen molar-refractivity contribution in [1.29, 1.82) is 0 Å². The van der Waals surface area contributed by atoms with E-state index >= 15 is 0 Å². The van der Waals surface area contributed by atoms with Crippen LogP contribution in [0.3, 0.4) is 0 Å². The molecule has 0 radical (unpaired) electrons. The van der Waals surface area contributed by atoms with Crippen LogP contribution in [-0.4, -0.2) is 15.0 Å². The Labute approximate surface area is 101 Å². The number of rotatable bonds is 4. The zero-order valence-corrected chi connectivity index (χ0v) is 10.3. The van der Waals surface area contributed by atoms with Gasteiger partial charge in [-0.2, -0.15) is 0 Å². The Morgan fingerprint density at radius 3 is 2.76 bits per heavy atom. The quantitative estimate of drug-likeness (QED) is 0.868. The number of hydrogen-bond donors (Lipinski definition) is 1. The first-order valence-electron chi connectivity index (χ1n) is 5.89. The third-order valence-electron chi connectivity index (χ3n) is 2.91. The molecule has 1 heterocycles. The van der Waals surface area contributed by atoms with E-state index in [1.54, 1.807) is 4.68 Å². The Balaban J connectivity index is 2.16. The molecule has 0 saturated heterocycles. The number of nitrogens with two attached hydrogens (primary N) is 1. The maximum absolute atomic E-state index is 6.24. The minimum Gasteiger partial charge on any atom is -0.324 e. The summed E-state index contributed by atoms with van der Waals surface area (Å²) in [4.78, 5) is 0. The van der Waals surface area contributed by atoms with Gasteiger partial charge in [0.15, 0.2) is 0 Å². The van der Waals surface area contributed by atoms with E-state index in [1.165, 1.54) is 11.1 Å².